The zero-order valence-corrected chi connectivity index (χ0v) is 21.1. The van der Waals surface area contributed by atoms with Gasteiger partial charge >= 0.3 is 11.9 Å². The van der Waals surface area contributed by atoms with Gasteiger partial charge < -0.3 is 13.9 Å². The number of ether oxygens (including phenoxy) is 2. The van der Waals surface area contributed by atoms with Gasteiger partial charge in [0.05, 0.1) is 12.5 Å². The van der Waals surface area contributed by atoms with Crippen LogP contribution in [0.3, 0.4) is 0 Å². The summed E-state index contributed by atoms with van der Waals surface area (Å²) in [7, 11) is 0. The zero-order chi connectivity index (χ0) is 24.7. The Kier molecular flexibility index (Phi) is 5.03. The number of cyclic esters (lactones) is 1. The lowest BCUT2D eigenvalue weighted by molar-refractivity contribution is -0.210. The second-order valence-electron chi connectivity index (χ2n) is 12.3. The average molecular weight is 469 g/mol. The van der Waals surface area contributed by atoms with Crippen molar-refractivity contribution in [3.63, 3.8) is 0 Å². The summed E-state index contributed by atoms with van der Waals surface area (Å²) >= 11 is 0. The normalized spacial score (nSPS) is 43.1. The van der Waals surface area contributed by atoms with Crippen LogP contribution in [0.4, 0.5) is 0 Å². The van der Waals surface area contributed by atoms with Crippen molar-refractivity contribution in [3.8, 4) is 0 Å². The maximum absolute atomic E-state index is 13.0. The standard InChI is InChI=1S/C28H36O6/c1-16(29)33-22-13-19-25(2,3)21(30)8-11-26(19,4)18-7-10-27(5)20(28(18,22)6)14-23(31)34-24(27)17-9-12-32-15-17/h9,12,14-15,18-19,22,24H,7-8,10-11,13H2,1-6H3/t18-,19+,22+,24+,26-,27-,28-/m1/s1. The van der Waals surface area contributed by atoms with Crippen LogP contribution in [0.1, 0.15) is 85.3 Å². The van der Waals surface area contributed by atoms with Gasteiger partial charge in [-0.25, -0.2) is 4.79 Å². The van der Waals surface area contributed by atoms with Gasteiger partial charge in [-0.1, -0.05) is 34.6 Å². The van der Waals surface area contributed by atoms with Crippen molar-refractivity contribution >= 4 is 17.7 Å². The Balaban J connectivity index is 1.68. The Hall–Kier alpha value is -2.37. The van der Waals surface area contributed by atoms with Gasteiger partial charge in [0.1, 0.15) is 18.0 Å². The Bertz CT molecular complexity index is 1070. The smallest absolute Gasteiger partial charge is 0.331 e. The molecule has 34 heavy (non-hydrogen) atoms. The van der Waals surface area contributed by atoms with Crippen molar-refractivity contribution < 1.29 is 28.3 Å². The monoisotopic (exact) mass is 468 g/mol. The molecule has 6 nitrogen and oxygen atoms in total. The fraction of sp³-hybridized carbons (Fsp3) is 0.679. The SMILES string of the molecule is CC(=O)O[C@H]1C[C@H]2C(C)(C)C(=O)CC[C@]2(C)[C@H]2CC[C@]3(C)C(=CC(=O)O[C@H]3c3ccoc3)[C@]12C. The lowest BCUT2D eigenvalue weighted by Gasteiger charge is -2.68. The van der Waals surface area contributed by atoms with Gasteiger partial charge in [0, 0.05) is 41.2 Å². The van der Waals surface area contributed by atoms with Crippen LogP contribution >= 0.6 is 0 Å². The van der Waals surface area contributed by atoms with E-state index in [1.807, 2.05) is 6.07 Å². The fourth-order valence-corrected chi connectivity index (χ4v) is 8.65. The molecule has 0 aromatic carbocycles. The van der Waals surface area contributed by atoms with Gasteiger partial charge in [-0.2, -0.15) is 0 Å². The van der Waals surface area contributed by atoms with Crippen LogP contribution in [-0.4, -0.2) is 23.8 Å². The quantitative estimate of drug-likeness (QED) is 0.528. The summed E-state index contributed by atoms with van der Waals surface area (Å²) in [5.74, 6) is -0.124. The molecule has 3 aliphatic carbocycles. The molecule has 0 amide bonds. The molecule has 3 fully saturated rings. The number of carbonyl (C=O) groups excluding carboxylic acids is 3. The molecule has 6 heteroatoms. The molecule has 0 N–H and O–H groups in total. The summed E-state index contributed by atoms with van der Waals surface area (Å²) in [5, 5.41) is 0. The lowest BCUT2D eigenvalue weighted by Crippen LogP contribution is -2.66. The third-order valence-electron chi connectivity index (χ3n) is 10.3. The van der Waals surface area contributed by atoms with E-state index in [0.29, 0.717) is 18.6 Å². The van der Waals surface area contributed by atoms with Gasteiger partial charge in [-0.3, -0.25) is 9.59 Å². The summed E-state index contributed by atoms with van der Waals surface area (Å²) in [6, 6.07) is 1.86. The number of hydrogen-bond acceptors (Lipinski definition) is 6. The summed E-state index contributed by atoms with van der Waals surface area (Å²) in [4.78, 5) is 38.3. The first-order valence-electron chi connectivity index (χ1n) is 12.5. The van der Waals surface area contributed by atoms with Crippen molar-refractivity contribution in [2.45, 2.75) is 85.9 Å². The number of fused-ring (bicyclic) bond motifs is 5. The van der Waals surface area contributed by atoms with E-state index in [4.69, 9.17) is 13.9 Å². The molecule has 0 spiro atoms. The van der Waals surface area contributed by atoms with Crippen molar-refractivity contribution in [2.24, 2.45) is 33.5 Å². The van der Waals surface area contributed by atoms with Crippen LogP contribution in [0.15, 0.2) is 34.7 Å². The number of carbonyl (C=O) groups is 3. The molecule has 0 unspecified atom stereocenters. The van der Waals surface area contributed by atoms with Crippen LogP contribution in [0, 0.1) is 33.5 Å². The second-order valence-corrected chi connectivity index (χ2v) is 12.3. The van der Waals surface area contributed by atoms with Crippen LogP contribution in [0.2, 0.25) is 0 Å². The molecule has 1 aromatic rings. The number of rotatable bonds is 2. The minimum atomic E-state index is -0.540. The molecule has 1 aliphatic heterocycles. The van der Waals surface area contributed by atoms with Crippen molar-refractivity contribution in [1.82, 2.24) is 0 Å². The van der Waals surface area contributed by atoms with Gasteiger partial charge in [-0.05, 0) is 54.6 Å². The van der Waals surface area contributed by atoms with Gasteiger partial charge in [0.15, 0.2) is 0 Å². The molecule has 2 heterocycles. The number of hydrogen-bond donors (Lipinski definition) is 0. The van der Waals surface area contributed by atoms with Crippen molar-refractivity contribution in [2.75, 3.05) is 0 Å². The number of ketones is 1. The van der Waals surface area contributed by atoms with Crippen LogP contribution in [0.5, 0.6) is 0 Å². The molecule has 0 saturated heterocycles. The third kappa shape index (κ3) is 2.96. The first kappa shape index (κ1) is 23.4. The van der Waals surface area contributed by atoms with Crippen LogP contribution in [-0.2, 0) is 23.9 Å². The highest BCUT2D eigenvalue weighted by Crippen LogP contribution is 2.72. The lowest BCUT2D eigenvalue weighted by atomic mass is 9.37. The average Bonchev–Trinajstić information content (AvgIpc) is 3.28. The Morgan fingerprint density at radius 1 is 1.09 bits per heavy atom. The highest BCUT2D eigenvalue weighted by atomic mass is 16.6. The van der Waals surface area contributed by atoms with Crippen LogP contribution in [0.25, 0.3) is 0 Å². The number of Topliss-reactive ketones (excluding diaryl/α,β-unsaturated/α-hetero) is 1. The first-order valence-corrected chi connectivity index (χ1v) is 12.5. The maximum Gasteiger partial charge on any atom is 0.331 e. The van der Waals surface area contributed by atoms with E-state index in [1.54, 1.807) is 18.6 Å². The molecule has 5 rings (SSSR count). The molecule has 184 valence electrons. The Morgan fingerprint density at radius 3 is 2.47 bits per heavy atom. The third-order valence-corrected chi connectivity index (χ3v) is 10.3. The summed E-state index contributed by atoms with van der Waals surface area (Å²) in [6.45, 7) is 12.2. The molecular weight excluding hydrogens is 432 g/mol. The first-order chi connectivity index (χ1) is 15.8. The van der Waals surface area contributed by atoms with Gasteiger partial charge in [-0.15, -0.1) is 0 Å². The minimum absolute atomic E-state index is 0.0997. The molecule has 0 bridgehead atoms. The number of furan rings is 1. The van der Waals surface area contributed by atoms with Crippen LogP contribution < -0.4 is 0 Å². The van der Waals surface area contributed by atoms with E-state index in [2.05, 4.69) is 34.6 Å². The van der Waals surface area contributed by atoms with E-state index in [-0.39, 0.29) is 29.2 Å². The van der Waals surface area contributed by atoms with Crippen molar-refractivity contribution in [3.05, 3.63) is 35.8 Å². The molecule has 7 atom stereocenters. The number of esters is 2. The van der Waals surface area contributed by atoms with Crippen molar-refractivity contribution in [1.29, 1.82) is 0 Å². The minimum Gasteiger partial charge on any atom is -0.472 e. The van der Waals surface area contributed by atoms with E-state index < -0.39 is 28.5 Å². The summed E-state index contributed by atoms with van der Waals surface area (Å²) in [5.41, 5.74) is 0.299. The molecule has 4 aliphatic rings. The summed E-state index contributed by atoms with van der Waals surface area (Å²) < 4.78 is 17.3. The Morgan fingerprint density at radius 2 is 1.82 bits per heavy atom. The molecule has 3 saturated carbocycles. The predicted octanol–water partition coefficient (Wildman–Crippen LogP) is 5.57. The molecule has 1 aromatic heterocycles. The molecule has 0 radical (unpaired) electrons. The second kappa shape index (κ2) is 7.32. The topological polar surface area (TPSA) is 82.8 Å². The zero-order valence-electron chi connectivity index (χ0n) is 21.1. The predicted molar refractivity (Wildman–Crippen MR) is 124 cm³/mol. The van der Waals surface area contributed by atoms with E-state index in [1.165, 1.54) is 6.92 Å². The van der Waals surface area contributed by atoms with Gasteiger partial charge in [0.2, 0.25) is 0 Å². The highest BCUT2D eigenvalue weighted by molar-refractivity contribution is 5.86. The highest BCUT2D eigenvalue weighted by Gasteiger charge is 2.69. The van der Waals surface area contributed by atoms with E-state index in [0.717, 1.165) is 30.4 Å². The van der Waals surface area contributed by atoms with E-state index in [9.17, 15) is 14.4 Å². The summed E-state index contributed by atoms with van der Waals surface area (Å²) in [6.07, 6.45) is 7.81. The fourth-order valence-electron chi connectivity index (χ4n) is 8.65. The van der Waals surface area contributed by atoms with Gasteiger partial charge in [0.25, 0.3) is 0 Å². The largest absolute Gasteiger partial charge is 0.472 e. The van der Waals surface area contributed by atoms with E-state index >= 15 is 0 Å². The maximum atomic E-state index is 13.0. The Labute approximate surface area is 201 Å². The molecular formula is C28H36O6.